The van der Waals surface area contributed by atoms with Crippen molar-refractivity contribution >= 4 is 5.91 Å². The van der Waals surface area contributed by atoms with Crippen molar-refractivity contribution in [3.8, 4) is 11.4 Å². The molecule has 142 valence electrons. The molecule has 28 heavy (non-hydrogen) atoms. The van der Waals surface area contributed by atoms with Gasteiger partial charge in [-0.1, -0.05) is 0 Å². The van der Waals surface area contributed by atoms with E-state index in [1.54, 1.807) is 23.5 Å². The molecule has 0 unspecified atom stereocenters. The molecule has 0 saturated carbocycles. The maximum absolute atomic E-state index is 13.1. The van der Waals surface area contributed by atoms with Gasteiger partial charge in [-0.05, 0) is 31.9 Å². The zero-order valence-corrected chi connectivity index (χ0v) is 15.5. The van der Waals surface area contributed by atoms with Crippen molar-refractivity contribution in [1.29, 1.82) is 0 Å². The first-order valence-electron chi connectivity index (χ1n) is 9.20. The SMILES string of the molecule is Cc1nc(-c2cccnc2)ncc1C(=O)N1CCC[C@@H](c2cc(=O)[nH]cn2)C1. The Morgan fingerprint density at radius 3 is 2.93 bits per heavy atom. The van der Waals surface area contributed by atoms with E-state index in [1.165, 1.54) is 12.4 Å². The topological polar surface area (TPSA) is 105 Å². The number of nitrogens with one attached hydrogen (secondary N) is 1. The Hall–Kier alpha value is -3.42. The van der Waals surface area contributed by atoms with E-state index in [1.807, 2.05) is 19.1 Å². The number of aryl methyl sites for hydroxylation is 1. The lowest BCUT2D eigenvalue weighted by atomic mass is 9.94. The highest BCUT2D eigenvalue weighted by atomic mass is 16.2. The smallest absolute Gasteiger partial charge is 0.257 e. The maximum Gasteiger partial charge on any atom is 0.257 e. The Balaban J connectivity index is 1.54. The van der Waals surface area contributed by atoms with Gasteiger partial charge in [0.1, 0.15) is 0 Å². The van der Waals surface area contributed by atoms with Crippen molar-refractivity contribution in [1.82, 2.24) is 29.8 Å². The molecule has 0 aliphatic carbocycles. The first-order valence-corrected chi connectivity index (χ1v) is 9.20. The second-order valence-corrected chi connectivity index (χ2v) is 6.86. The van der Waals surface area contributed by atoms with Crippen LogP contribution in [0.5, 0.6) is 0 Å². The highest BCUT2D eigenvalue weighted by Gasteiger charge is 2.27. The van der Waals surface area contributed by atoms with E-state index in [4.69, 9.17) is 0 Å². The summed E-state index contributed by atoms with van der Waals surface area (Å²) < 4.78 is 0. The van der Waals surface area contributed by atoms with Gasteiger partial charge in [0.15, 0.2) is 5.82 Å². The van der Waals surface area contributed by atoms with E-state index in [0.717, 1.165) is 24.1 Å². The fourth-order valence-corrected chi connectivity index (χ4v) is 3.49. The number of aromatic nitrogens is 5. The predicted octanol–water partition coefficient (Wildman–Crippen LogP) is 1.95. The third-order valence-electron chi connectivity index (χ3n) is 4.96. The van der Waals surface area contributed by atoms with E-state index in [0.29, 0.717) is 30.2 Å². The standard InChI is InChI=1S/C20H20N6O2/c1-13-16(10-22-19(25-13)14-4-2-6-21-9-14)20(28)26-7-3-5-15(11-26)17-8-18(27)24-12-23-17/h2,4,6,8-10,12,15H,3,5,7,11H2,1H3,(H,23,24,27)/t15-/m1/s1. The Morgan fingerprint density at radius 2 is 2.18 bits per heavy atom. The summed E-state index contributed by atoms with van der Waals surface area (Å²) in [5.74, 6) is 0.507. The summed E-state index contributed by atoms with van der Waals surface area (Å²) in [5, 5.41) is 0. The van der Waals surface area contributed by atoms with Gasteiger partial charge >= 0.3 is 0 Å². The molecular formula is C20H20N6O2. The van der Waals surface area contributed by atoms with Crippen LogP contribution in [-0.2, 0) is 0 Å². The van der Waals surface area contributed by atoms with Crippen molar-refractivity contribution in [3.63, 3.8) is 0 Å². The van der Waals surface area contributed by atoms with Crippen molar-refractivity contribution in [2.45, 2.75) is 25.7 Å². The summed E-state index contributed by atoms with van der Waals surface area (Å²) in [7, 11) is 0. The molecule has 8 nitrogen and oxygen atoms in total. The van der Waals surface area contributed by atoms with E-state index >= 15 is 0 Å². The predicted molar refractivity (Wildman–Crippen MR) is 103 cm³/mol. The van der Waals surface area contributed by atoms with Gasteiger partial charge in [-0.25, -0.2) is 15.0 Å². The molecule has 1 atom stereocenters. The number of aromatic amines is 1. The van der Waals surface area contributed by atoms with Crippen LogP contribution in [0.3, 0.4) is 0 Å². The third kappa shape index (κ3) is 3.66. The number of nitrogens with zero attached hydrogens (tertiary/aromatic N) is 5. The second-order valence-electron chi connectivity index (χ2n) is 6.86. The van der Waals surface area contributed by atoms with E-state index < -0.39 is 0 Å². The van der Waals surface area contributed by atoms with Crippen LogP contribution in [0.4, 0.5) is 0 Å². The third-order valence-corrected chi connectivity index (χ3v) is 4.96. The molecule has 3 aromatic heterocycles. The average Bonchev–Trinajstić information content (AvgIpc) is 2.74. The molecule has 1 amide bonds. The number of rotatable bonds is 3. The molecule has 1 saturated heterocycles. The second kappa shape index (κ2) is 7.67. The van der Waals surface area contributed by atoms with Gasteiger partial charge in [-0.15, -0.1) is 0 Å². The molecule has 0 bridgehead atoms. The van der Waals surface area contributed by atoms with Crippen molar-refractivity contribution < 1.29 is 4.79 Å². The van der Waals surface area contributed by atoms with Crippen molar-refractivity contribution in [2.75, 3.05) is 13.1 Å². The zero-order valence-electron chi connectivity index (χ0n) is 15.5. The fraction of sp³-hybridized carbons (Fsp3) is 0.300. The van der Waals surface area contributed by atoms with Gasteiger partial charge in [0.05, 0.1) is 23.3 Å². The highest BCUT2D eigenvalue weighted by molar-refractivity contribution is 5.95. The van der Waals surface area contributed by atoms with Crippen LogP contribution in [0.1, 0.15) is 40.5 Å². The van der Waals surface area contributed by atoms with Gasteiger partial charge < -0.3 is 9.88 Å². The lowest BCUT2D eigenvalue weighted by molar-refractivity contribution is 0.0704. The molecule has 8 heteroatoms. The summed E-state index contributed by atoms with van der Waals surface area (Å²) in [5.41, 5.74) is 2.48. The molecule has 1 aliphatic heterocycles. The molecule has 4 rings (SSSR count). The molecule has 0 spiro atoms. The summed E-state index contributed by atoms with van der Waals surface area (Å²) in [6.07, 6.45) is 8.14. The fourth-order valence-electron chi connectivity index (χ4n) is 3.49. The normalized spacial score (nSPS) is 16.8. The van der Waals surface area contributed by atoms with Crippen LogP contribution >= 0.6 is 0 Å². The molecule has 0 radical (unpaired) electrons. The number of amides is 1. The number of carbonyl (C=O) groups excluding carboxylic acids is 1. The van der Waals surface area contributed by atoms with Gasteiger partial charge in [0.25, 0.3) is 11.5 Å². The number of pyridine rings is 1. The Kier molecular flexibility index (Phi) is 4.92. The molecule has 1 fully saturated rings. The molecule has 3 aromatic rings. The molecular weight excluding hydrogens is 356 g/mol. The minimum Gasteiger partial charge on any atom is -0.338 e. The summed E-state index contributed by atoms with van der Waals surface area (Å²) in [6, 6.07) is 5.21. The van der Waals surface area contributed by atoms with Crippen LogP contribution in [-0.4, -0.2) is 48.8 Å². The Morgan fingerprint density at radius 1 is 1.29 bits per heavy atom. The average molecular weight is 376 g/mol. The monoisotopic (exact) mass is 376 g/mol. The van der Waals surface area contributed by atoms with Crippen molar-refractivity contribution in [2.24, 2.45) is 0 Å². The first kappa shape index (κ1) is 18.0. The van der Waals surface area contributed by atoms with Crippen LogP contribution in [0.2, 0.25) is 0 Å². The minimum absolute atomic E-state index is 0.0518. The molecule has 4 heterocycles. The maximum atomic E-state index is 13.1. The summed E-state index contributed by atoms with van der Waals surface area (Å²) in [4.78, 5) is 46.1. The number of carbonyl (C=O) groups is 1. The zero-order chi connectivity index (χ0) is 19.5. The van der Waals surface area contributed by atoms with Crippen molar-refractivity contribution in [3.05, 3.63) is 70.4 Å². The molecule has 1 N–H and O–H groups in total. The number of H-pyrrole nitrogens is 1. The lowest BCUT2D eigenvalue weighted by Crippen LogP contribution is -2.40. The van der Waals surface area contributed by atoms with E-state index in [-0.39, 0.29) is 17.4 Å². The summed E-state index contributed by atoms with van der Waals surface area (Å²) in [6.45, 7) is 3.01. The number of hydrogen-bond acceptors (Lipinski definition) is 6. The van der Waals surface area contributed by atoms with Crippen LogP contribution in [0, 0.1) is 6.92 Å². The first-order chi connectivity index (χ1) is 13.6. The van der Waals surface area contributed by atoms with Crippen LogP contribution in [0.15, 0.2) is 47.9 Å². The number of piperidine rings is 1. The van der Waals surface area contributed by atoms with E-state index in [9.17, 15) is 9.59 Å². The quantitative estimate of drug-likeness (QED) is 0.749. The number of likely N-dealkylation sites (tertiary alicyclic amines) is 1. The number of hydrogen-bond donors (Lipinski definition) is 1. The van der Waals surface area contributed by atoms with Gasteiger partial charge in [-0.3, -0.25) is 14.6 Å². The van der Waals surface area contributed by atoms with E-state index in [2.05, 4.69) is 24.9 Å². The Bertz CT molecular complexity index is 1050. The largest absolute Gasteiger partial charge is 0.338 e. The summed E-state index contributed by atoms with van der Waals surface area (Å²) >= 11 is 0. The van der Waals surface area contributed by atoms with Gasteiger partial charge in [0.2, 0.25) is 0 Å². The van der Waals surface area contributed by atoms with Gasteiger partial charge in [-0.2, -0.15) is 0 Å². The minimum atomic E-state index is -0.177. The Labute approximate surface area is 161 Å². The molecule has 0 aromatic carbocycles. The lowest BCUT2D eigenvalue weighted by Gasteiger charge is -2.32. The van der Waals surface area contributed by atoms with Gasteiger partial charge in [0, 0.05) is 49.2 Å². The highest BCUT2D eigenvalue weighted by Crippen LogP contribution is 2.26. The van der Waals surface area contributed by atoms with Crippen LogP contribution in [0.25, 0.3) is 11.4 Å². The van der Waals surface area contributed by atoms with Crippen LogP contribution < -0.4 is 5.56 Å². The molecule has 1 aliphatic rings.